The quantitative estimate of drug-likeness (QED) is 0.744. The maximum Gasteiger partial charge on any atom is 0.255 e. The maximum absolute atomic E-state index is 13.3. The van der Waals surface area contributed by atoms with Crippen molar-refractivity contribution in [2.75, 3.05) is 11.4 Å². The van der Waals surface area contributed by atoms with Crippen LogP contribution in [0.2, 0.25) is 0 Å². The minimum absolute atomic E-state index is 0.0314. The van der Waals surface area contributed by atoms with Gasteiger partial charge in [0, 0.05) is 49.4 Å². The lowest BCUT2D eigenvalue weighted by atomic mass is 9.98. The number of aromatic nitrogens is 1. The number of anilines is 1. The van der Waals surface area contributed by atoms with Gasteiger partial charge in [-0.2, -0.15) is 0 Å². The molecule has 1 aromatic heterocycles. The molecule has 5 rings (SSSR count). The van der Waals surface area contributed by atoms with Crippen molar-refractivity contribution in [1.82, 2.24) is 15.2 Å². The number of hydrogen-bond acceptors (Lipinski definition) is 6. The molecule has 8 heteroatoms. The van der Waals surface area contributed by atoms with Gasteiger partial charge in [-0.1, -0.05) is 24.3 Å². The lowest BCUT2D eigenvalue weighted by molar-refractivity contribution is -0.136. The first-order chi connectivity index (χ1) is 14.5. The van der Waals surface area contributed by atoms with Gasteiger partial charge in [-0.25, -0.2) is 4.98 Å². The number of nitrogens with one attached hydrogen (secondary N) is 1. The molecule has 1 aromatic carbocycles. The first-order valence-corrected chi connectivity index (χ1v) is 10.2. The van der Waals surface area contributed by atoms with E-state index in [-0.39, 0.29) is 24.3 Å². The van der Waals surface area contributed by atoms with E-state index in [1.54, 1.807) is 11.1 Å². The van der Waals surface area contributed by atoms with Gasteiger partial charge in [0.05, 0.1) is 0 Å². The Hall–Kier alpha value is -3.26. The van der Waals surface area contributed by atoms with Crippen molar-refractivity contribution < 1.29 is 14.4 Å². The van der Waals surface area contributed by atoms with Crippen molar-refractivity contribution >= 4 is 23.5 Å². The van der Waals surface area contributed by atoms with Crippen LogP contribution >= 0.6 is 0 Å². The smallest absolute Gasteiger partial charge is 0.255 e. The molecular formula is C22H23N5O3. The molecule has 154 valence electrons. The van der Waals surface area contributed by atoms with Gasteiger partial charge in [-0.15, -0.1) is 0 Å². The molecule has 3 N–H and O–H groups in total. The van der Waals surface area contributed by atoms with Crippen molar-refractivity contribution in [3.8, 4) is 0 Å². The van der Waals surface area contributed by atoms with E-state index in [2.05, 4.69) is 15.2 Å². The Kier molecular flexibility index (Phi) is 4.51. The van der Waals surface area contributed by atoms with E-state index >= 15 is 0 Å². The monoisotopic (exact) mass is 405 g/mol. The summed E-state index contributed by atoms with van der Waals surface area (Å²) in [6.45, 7) is 1.70. The summed E-state index contributed by atoms with van der Waals surface area (Å²) in [5.41, 5.74) is 9.76. The third kappa shape index (κ3) is 3.04. The van der Waals surface area contributed by atoms with Crippen molar-refractivity contribution in [3.63, 3.8) is 0 Å². The van der Waals surface area contributed by atoms with Crippen LogP contribution in [-0.4, -0.2) is 40.2 Å². The summed E-state index contributed by atoms with van der Waals surface area (Å²) in [5.74, 6) is 0.0408. The van der Waals surface area contributed by atoms with Gasteiger partial charge in [-0.05, 0) is 30.0 Å². The zero-order valence-corrected chi connectivity index (χ0v) is 16.5. The van der Waals surface area contributed by atoms with Gasteiger partial charge in [-0.3, -0.25) is 19.7 Å². The number of imide groups is 1. The van der Waals surface area contributed by atoms with E-state index in [0.29, 0.717) is 25.1 Å². The Labute approximate surface area is 174 Å². The number of pyridine rings is 1. The van der Waals surface area contributed by atoms with Crippen LogP contribution in [0, 0.1) is 0 Å². The highest BCUT2D eigenvalue weighted by Crippen LogP contribution is 2.34. The van der Waals surface area contributed by atoms with Crippen LogP contribution in [0.5, 0.6) is 0 Å². The summed E-state index contributed by atoms with van der Waals surface area (Å²) < 4.78 is 0. The molecule has 1 fully saturated rings. The van der Waals surface area contributed by atoms with Crippen molar-refractivity contribution in [2.45, 2.75) is 44.4 Å². The predicted molar refractivity (Wildman–Crippen MR) is 109 cm³/mol. The highest BCUT2D eigenvalue weighted by atomic mass is 16.2. The minimum atomic E-state index is -0.606. The number of nitrogens with two attached hydrogens (primary N) is 1. The molecule has 0 radical (unpaired) electrons. The summed E-state index contributed by atoms with van der Waals surface area (Å²) in [6.07, 6.45) is 3.19. The first kappa shape index (κ1) is 18.7. The zero-order chi connectivity index (χ0) is 20.8. The Bertz CT molecular complexity index is 1050. The number of hydrogen-bond donors (Lipinski definition) is 2. The molecule has 0 aliphatic carbocycles. The third-order valence-electron chi connectivity index (χ3n) is 6.23. The fourth-order valence-corrected chi connectivity index (χ4v) is 4.70. The van der Waals surface area contributed by atoms with Crippen LogP contribution in [-0.2, 0) is 22.7 Å². The molecule has 0 saturated carbocycles. The molecule has 30 heavy (non-hydrogen) atoms. The van der Waals surface area contributed by atoms with Gasteiger partial charge >= 0.3 is 0 Å². The van der Waals surface area contributed by atoms with Crippen molar-refractivity contribution in [3.05, 3.63) is 58.8 Å². The van der Waals surface area contributed by atoms with Crippen LogP contribution in [0.3, 0.4) is 0 Å². The van der Waals surface area contributed by atoms with Crippen LogP contribution in [0.1, 0.15) is 52.4 Å². The molecule has 3 aliphatic rings. The number of benzene rings is 1. The van der Waals surface area contributed by atoms with Gasteiger partial charge in [0.1, 0.15) is 11.9 Å². The number of carbonyl (C=O) groups is 3. The number of piperidine rings is 1. The maximum atomic E-state index is 13.3. The highest BCUT2D eigenvalue weighted by Gasteiger charge is 2.40. The second kappa shape index (κ2) is 7.21. The average Bonchev–Trinajstić information content (AvgIpc) is 3.07. The van der Waals surface area contributed by atoms with Gasteiger partial charge in [0.15, 0.2) is 0 Å². The van der Waals surface area contributed by atoms with Crippen LogP contribution in [0.25, 0.3) is 0 Å². The SMILES string of the molecule is NC1CCN(Cc2cccc3c2C(=O)N(C2CCC(=O)NC2=O)C3)c2ncccc21. The molecular weight excluding hydrogens is 382 g/mol. The Morgan fingerprint density at radius 2 is 2.00 bits per heavy atom. The molecule has 3 amide bonds. The summed E-state index contributed by atoms with van der Waals surface area (Å²) >= 11 is 0. The topological polar surface area (TPSA) is 109 Å². The van der Waals surface area contributed by atoms with E-state index in [4.69, 9.17) is 5.73 Å². The summed E-state index contributed by atoms with van der Waals surface area (Å²) in [4.78, 5) is 45.4. The molecule has 0 bridgehead atoms. The summed E-state index contributed by atoms with van der Waals surface area (Å²) in [7, 11) is 0. The number of amides is 3. The molecule has 3 aliphatic heterocycles. The second-order valence-corrected chi connectivity index (χ2v) is 8.08. The van der Waals surface area contributed by atoms with E-state index in [0.717, 1.165) is 35.5 Å². The highest BCUT2D eigenvalue weighted by molar-refractivity contribution is 6.06. The Morgan fingerprint density at radius 3 is 2.83 bits per heavy atom. The number of nitrogens with zero attached hydrogens (tertiary/aromatic N) is 3. The zero-order valence-electron chi connectivity index (χ0n) is 16.5. The fraction of sp³-hybridized carbons (Fsp3) is 0.364. The van der Waals surface area contributed by atoms with Crippen LogP contribution < -0.4 is 16.0 Å². The van der Waals surface area contributed by atoms with Gasteiger partial charge < -0.3 is 15.5 Å². The van der Waals surface area contributed by atoms with E-state index in [1.807, 2.05) is 30.3 Å². The standard InChI is InChI=1S/C22H23N5O3/c23-16-8-10-26(20-15(16)5-2-9-24-20)11-13-3-1-4-14-12-27(22(30)19(13)14)17-6-7-18(28)25-21(17)29/h1-5,9,16-17H,6-8,10-12,23H2,(H,25,28,29). The number of carbonyl (C=O) groups excluding carboxylic acids is 3. The van der Waals surface area contributed by atoms with Crippen molar-refractivity contribution in [1.29, 1.82) is 0 Å². The summed E-state index contributed by atoms with van der Waals surface area (Å²) in [6, 6.07) is 9.10. The molecule has 8 nitrogen and oxygen atoms in total. The lowest BCUT2D eigenvalue weighted by Gasteiger charge is -2.33. The fourth-order valence-electron chi connectivity index (χ4n) is 4.70. The number of fused-ring (bicyclic) bond motifs is 2. The third-order valence-corrected chi connectivity index (χ3v) is 6.23. The van der Waals surface area contributed by atoms with E-state index < -0.39 is 11.9 Å². The van der Waals surface area contributed by atoms with E-state index in [1.165, 1.54) is 0 Å². The van der Waals surface area contributed by atoms with Gasteiger partial charge in [0.2, 0.25) is 11.8 Å². The minimum Gasteiger partial charge on any atom is -0.352 e. The molecule has 2 unspecified atom stereocenters. The largest absolute Gasteiger partial charge is 0.352 e. The molecule has 0 spiro atoms. The first-order valence-electron chi connectivity index (χ1n) is 10.2. The molecule has 2 atom stereocenters. The van der Waals surface area contributed by atoms with Crippen molar-refractivity contribution in [2.24, 2.45) is 5.73 Å². The number of rotatable bonds is 3. The molecule has 2 aromatic rings. The summed E-state index contributed by atoms with van der Waals surface area (Å²) in [5, 5.41) is 2.35. The Morgan fingerprint density at radius 1 is 1.13 bits per heavy atom. The molecule has 1 saturated heterocycles. The van der Waals surface area contributed by atoms with Gasteiger partial charge in [0.25, 0.3) is 5.91 Å². The van der Waals surface area contributed by atoms with E-state index in [9.17, 15) is 14.4 Å². The predicted octanol–water partition coefficient (Wildman–Crippen LogP) is 1.25. The van der Waals surface area contributed by atoms with Crippen LogP contribution in [0.4, 0.5) is 5.82 Å². The Balaban J connectivity index is 1.43. The lowest BCUT2D eigenvalue weighted by Crippen LogP contribution is -2.52. The second-order valence-electron chi connectivity index (χ2n) is 8.08. The average molecular weight is 405 g/mol. The normalized spacial score (nSPS) is 23.3. The van der Waals surface area contributed by atoms with Crippen LogP contribution in [0.15, 0.2) is 36.5 Å². The molecule has 4 heterocycles.